The highest BCUT2D eigenvalue weighted by atomic mass is 16.5. The van der Waals surface area contributed by atoms with Crippen LogP contribution in [0, 0.1) is 11.8 Å². The first-order valence-corrected chi connectivity index (χ1v) is 6.22. The second-order valence-electron chi connectivity index (χ2n) is 4.16. The van der Waals surface area contributed by atoms with Gasteiger partial charge in [-0.2, -0.15) is 0 Å². The van der Waals surface area contributed by atoms with Crippen LogP contribution >= 0.6 is 0 Å². The molecule has 1 aliphatic rings. The molecule has 2 unspecified atom stereocenters. The molecule has 16 heavy (non-hydrogen) atoms. The molecule has 1 aliphatic heterocycles. The molecule has 1 rings (SSSR count). The standard InChI is InChI=1S/C13H24N2O/c1-4-6-7-8-12(14-3)13-11-15(5-2)9-10-16-13/h12-14H,5,7-11H2,1-3H3. The monoisotopic (exact) mass is 224 g/mol. The summed E-state index contributed by atoms with van der Waals surface area (Å²) in [4.78, 5) is 2.45. The average Bonchev–Trinajstić information content (AvgIpc) is 2.35. The van der Waals surface area contributed by atoms with Gasteiger partial charge in [0.25, 0.3) is 0 Å². The zero-order valence-corrected chi connectivity index (χ0v) is 10.8. The number of morpholine rings is 1. The molecule has 2 atom stereocenters. The van der Waals surface area contributed by atoms with Crippen molar-refractivity contribution in [3.63, 3.8) is 0 Å². The number of hydrogen-bond donors (Lipinski definition) is 1. The van der Waals surface area contributed by atoms with Crippen LogP contribution in [0.4, 0.5) is 0 Å². The maximum atomic E-state index is 5.84. The van der Waals surface area contributed by atoms with Gasteiger partial charge in [-0.3, -0.25) is 4.90 Å². The lowest BCUT2D eigenvalue weighted by atomic mass is 10.0. The van der Waals surface area contributed by atoms with Crippen LogP contribution in [0.1, 0.15) is 26.7 Å². The van der Waals surface area contributed by atoms with Crippen molar-refractivity contribution in [1.82, 2.24) is 10.2 Å². The fourth-order valence-electron chi connectivity index (χ4n) is 2.13. The van der Waals surface area contributed by atoms with Gasteiger partial charge in [0.05, 0.1) is 12.7 Å². The number of nitrogens with zero attached hydrogens (tertiary/aromatic N) is 1. The van der Waals surface area contributed by atoms with Crippen LogP contribution in [0.5, 0.6) is 0 Å². The predicted octanol–water partition coefficient (Wildman–Crippen LogP) is 1.10. The van der Waals surface area contributed by atoms with E-state index in [0.29, 0.717) is 12.1 Å². The molecule has 1 saturated heterocycles. The van der Waals surface area contributed by atoms with E-state index in [9.17, 15) is 0 Å². The molecule has 0 spiro atoms. The molecule has 0 aromatic rings. The highest BCUT2D eigenvalue weighted by molar-refractivity contribution is 4.96. The van der Waals surface area contributed by atoms with E-state index in [1.54, 1.807) is 0 Å². The lowest BCUT2D eigenvalue weighted by Gasteiger charge is -2.36. The number of ether oxygens (including phenoxy) is 1. The summed E-state index contributed by atoms with van der Waals surface area (Å²) in [6, 6.07) is 0.426. The van der Waals surface area contributed by atoms with E-state index in [0.717, 1.165) is 39.1 Å². The summed E-state index contributed by atoms with van der Waals surface area (Å²) in [6.45, 7) is 8.19. The Labute approximate surface area is 99.5 Å². The molecule has 0 radical (unpaired) electrons. The first kappa shape index (κ1) is 13.5. The first-order valence-electron chi connectivity index (χ1n) is 6.22. The van der Waals surface area contributed by atoms with Crippen molar-refractivity contribution in [2.75, 3.05) is 33.3 Å². The Kier molecular flexibility index (Phi) is 6.47. The largest absolute Gasteiger partial charge is 0.374 e. The van der Waals surface area contributed by atoms with Gasteiger partial charge in [-0.15, -0.1) is 11.8 Å². The molecule has 0 aliphatic carbocycles. The van der Waals surface area contributed by atoms with Crippen LogP contribution in [-0.4, -0.2) is 50.3 Å². The molecular weight excluding hydrogens is 200 g/mol. The van der Waals surface area contributed by atoms with Crippen LogP contribution in [-0.2, 0) is 4.74 Å². The second kappa shape index (κ2) is 7.67. The van der Waals surface area contributed by atoms with Gasteiger partial charge in [-0.1, -0.05) is 6.92 Å². The maximum absolute atomic E-state index is 5.84. The Morgan fingerprint density at radius 2 is 2.38 bits per heavy atom. The van der Waals surface area contributed by atoms with Crippen LogP contribution < -0.4 is 5.32 Å². The van der Waals surface area contributed by atoms with Crippen LogP contribution in [0.15, 0.2) is 0 Å². The van der Waals surface area contributed by atoms with E-state index < -0.39 is 0 Å². The topological polar surface area (TPSA) is 24.5 Å². The van der Waals surface area contributed by atoms with Gasteiger partial charge in [0.2, 0.25) is 0 Å². The number of hydrogen-bond acceptors (Lipinski definition) is 3. The molecule has 0 aromatic carbocycles. The average molecular weight is 224 g/mol. The van der Waals surface area contributed by atoms with E-state index in [1.165, 1.54) is 0 Å². The Bertz CT molecular complexity index is 244. The van der Waals surface area contributed by atoms with Gasteiger partial charge in [-0.25, -0.2) is 0 Å². The van der Waals surface area contributed by atoms with Crippen molar-refractivity contribution in [2.24, 2.45) is 0 Å². The van der Waals surface area contributed by atoms with Crippen LogP contribution in [0.25, 0.3) is 0 Å². The molecule has 1 heterocycles. The molecule has 0 amide bonds. The molecule has 3 heteroatoms. The predicted molar refractivity (Wildman–Crippen MR) is 67.4 cm³/mol. The second-order valence-corrected chi connectivity index (χ2v) is 4.16. The van der Waals surface area contributed by atoms with Crippen LogP contribution in [0.3, 0.4) is 0 Å². The van der Waals surface area contributed by atoms with Crippen molar-refractivity contribution >= 4 is 0 Å². The van der Waals surface area contributed by atoms with Gasteiger partial charge in [-0.05, 0) is 26.9 Å². The van der Waals surface area contributed by atoms with Gasteiger partial charge in [0.1, 0.15) is 0 Å². The van der Waals surface area contributed by atoms with E-state index in [2.05, 4.69) is 29.0 Å². The van der Waals surface area contributed by atoms with E-state index >= 15 is 0 Å². The van der Waals surface area contributed by atoms with Crippen LogP contribution in [0.2, 0.25) is 0 Å². The normalized spacial score (nSPS) is 23.6. The molecule has 1 fully saturated rings. The summed E-state index contributed by atoms with van der Waals surface area (Å²) in [5, 5.41) is 3.36. The Morgan fingerprint density at radius 1 is 1.56 bits per heavy atom. The van der Waals surface area contributed by atoms with Crippen molar-refractivity contribution in [3.8, 4) is 11.8 Å². The zero-order valence-electron chi connectivity index (χ0n) is 10.8. The highest BCUT2D eigenvalue weighted by Gasteiger charge is 2.25. The summed E-state index contributed by atoms with van der Waals surface area (Å²) in [5.41, 5.74) is 0. The minimum atomic E-state index is 0.317. The van der Waals surface area contributed by atoms with Crippen molar-refractivity contribution < 1.29 is 4.74 Å². The first-order chi connectivity index (χ1) is 7.81. The fraction of sp³-hybridized carbons (Fsp3) is 0.846. The van der Waals surface area contributed by atoms with Gasteiger partial charge >= 0.3 is 0 Å². The fourth-order valence-corrected chi connectivity index (χ4v) is 2.13. The maximum Gasteiger partial charge on any atom is 0.0855 e. The molecule has 0 bridgehead atoms. The molecule has 92 valence electrons. The Hall–Kier alpha value is -0.560. The third-order valence-corrected chi connectivity index (χ3v) is 3.20. The Balaban J connectivity index is 2.40. The smallest absolute Gasteiger partial charge is 0.0855 e. The molecule has 0 aromatic heterocycles. The number of nitrogens with one attached hydrogen (secondary N) is 1. The van der Waals surface area contributed by atoms with Crippen molar-refractivity contribution in [1.29, 1.82) is 0 Å². The summed E-state index contributed by atoms with van der Waals surface area (Å²) >= 11 is 0. The van der Waals surface area contributed by atoms with E-state index in [1.807, 2.05) is 14.0 Å². The molecule has 3 nitrogen and oxygen atoms in total. The molecule has 1 N–H and O–H groups in total. The van der Waals surface area contributed by atoms with Crippen molar-refractivity contribution in [2.45, 2.75) is 38.8 Å². The minimum absolute atomic E-state index is 0.317. The zero-order chi connectivity index (χ0) is 11.8. The number of likely N-dealkylation sites (N-methyl/N-ethyl adjacent to an activating group) is 2. The van der Waals surface area contributed by atoms with Gasteiger partial charge < -0.3 is 10.1 Å². The quantitative estimate of drug-likeness (QED) is 0.708. The van der Waals surface area contributed by atoms with E-state index in [4.69, 9.17) is 4.74 Å². The summed E-state index contributed by atoms with van der Waals surface area (Å²) in [7, 11) is 2.01. The number of rotatable bonds is 5. The van der Waals surface area contributed by atoms with Gasteiger partial charge in [0.15, 0.2) is 0 Å². The summed E-state index contributed by atoms with van der Waals surface area (Å²) in [5.74, 6) is 6.06. The lowest BCUT2D eigenvalue weighted by molar-refractivity contribution is -0.0447. The summed E-state index contributed by atoms with van der Waals surface area (Å²) < 4.78 is 5.84. The van der Waals surface area contributed by atoms with Gasteiger partial charge in [0, 0.05) is 25.6 Å². The third-order valence-electron chi connectivity index (χ3n) is 3.20. The molecular formula is C13H24N2O. The van der Waals surface area contributed by atoms with E-state index in [-0.39, 0.29) is 0 Å². The molecule has 0 saturated carbocycles. The van der Waals surface area contributed by atoms with Crippen molar-refractivity contribution in [3.05, 3.63) is 0 Å². The highest BCUT2D eigenvalue weighted by Crippen LogP contribution is 2.12. The SMILES string of the molecule is CC#CCCC(NC)C1CN(CC)CCO1. The third kappa shape index (κ3) is 4.13. The minimum Gasteiger partial charge on any atom is -0.374 e. The Morgan fingerprint density at radius 3 is 3.00 bits per heavy atom. The lowest BCUT2D eigenvalue weighted by Crippen LogP contribution is -2.51. The summed E-state index contributed by atoms with van der Waals surface area (Å²) in [6.07, 6.45) is 2.34.